The second-order valence-corrected chi connectivity index (χ2v) is 3.64. The van der Waals surface area contributed by atoms with E-state index in [9.17, 15) is 0 Å². The normalized spacial score (nSPS) is 17.9. The predicted octanol–water partition coefficient (Wildman–Crippen LogP) is 2.38. The Hall–Kier alpha value is -1.28. The highest BCUT2D eigenvalue weighted by Crippen LogP contribution is 2.19. The lowest BCUT2D eigenvalue weighted by Crippen LogP contribution is -2.34. The highest BCUT2D eigenvalue weighted by Gasteiger charge is 2.13. The standard InChI is InChI=1S/C13H17NO/c1-2-13(12-6-4-3-5-7-12)14-8-10-15-11-9-14/h2-7H,8-11H2,1H3/b13-2-. The van der Waals surface area contributed by atoms with Crippen molar-refractivity contribution < 1.29 is 4.74 Å². The lowest BCUT2D eigenvalue weighted by atomic mass is 10.1. The molecule has 80 valence electrons. The summed E-state index contributed by atoms with van der Waals surface area (Å²) < 4.78 is 5.36. The van der Waals surface area contributed by atoms with E-state index in [1.165, 1.54) is 11.3 Å². The number of nitrogens with zero attached hydrogens (tertiary/aromatic N) is 1. The van der Waals surface area contributed by atoms with Crippen molar-refractivity contribution in [1.82, 2.24) is 4.90 Å². The van der Waals surface area contributed by atoms with Crippen molar-refractivity contribution in [3.05, 3.63) is 42.0 Å². The average Bonchev–Trinajstić information content (AvgIpc) is 2.33. The summed E-state index contributed by atoms with van der Waals surface area (Å²) in [5.41, 5.74) is 2.61. The van der Waals surface area contributed by atoms with E-state index < -0.39 is 0 Å². The molecule has 2 rings (SSSR count). The third-order valence-corrected chi connectivity index (χ3v) is 2.69. The number of benzene rings is 1. The maximum absolute atomic E-state index is 5.36. The second kappa shape index (κ2) is 4.99. The Morgan fingerprint density at radius 2 is 1.87 bits per heavy atom. The van der Waals surface area contributed by atoms with Crippen LogP contribution in [0.5, 0.6) is 0 Å². The highest BCUT2D eigenvalue weighted by molar-refractivity contribution is 5.63. The van der Waals surface area contributed by atoms with Crippen LogP contribution in [0.15, 0.2) is 36.4 Å². The summed E-state index contributed by atoms with van der Waals surface area (Å²) in [5, 5.41) is 0. The fourth-order valence-electron chi connectivity index (χ4n) is 1.94. The van der Waals surface area contributed by atoms with Crippen molar-refractivity contribution in [1.29, 1.82) is 0 Å². The molecule has 1 aliphatic heterocycles. The van der Waals surface area contributed by atoms with Crippen molar-refractivity contribution in [3.63, 3.8) is 0 Å². The van der Waals surface area contributed by atoms with Gasteiger partial charge >= 0.3 is 0 Å². The molecule has 1 saturated heterocycles. The summed E-state index contributed by atoms with van der Waals surface area (Å²) in [4.78, 5) is 2.39. The van der Waals surface area contributed by atoms with Gasteiger partial charge in [0.05, 0.1) is 13.2 Å². The van der Waals surface area contributed by atoms with E-state index in [1.54, 1.807) is 0 Å². The molecule has 0 saturated carbocycles. The van der Waals surface area contributed by atoms with Crippen LogP contribution in [0.25, 0.3) is 5.70 Å². The molecule has 0 bridgehead atoms. The van der Waals surface area contributed by atoms with Crippen LogP contribution < -0.4 is 0 Å². The van der Waals surface area contributed by atoms with Crippen LogP contribution in [-0.4, -0.2) is 31.2 Å². The molecule has 1 fully saturated rings. The zero-order chi connectivity index (χ0) is 10.5. The molecule has 1 aromatic rings. The van der Waals surface area contributed by atoms with Gasteiger partial charge in [-0.05, 0) is 12.5 Å². The Bertz CT molecular complexity index is 326. The number of morpholine rings is 1. The molecule has 1 aliphatic rings. The number of hydrogen-bond donors (Lipinski definition) is 0. The lowest BCUT2D eigenvalue weighted by Gasteiger charge is -2.31. The third kappa shape index (κ3) is 2.39. The number of allylic oxidation sites excluding steroid dienone is 1. The van der Waals surface area contributed by atoms with Gasteiger partial charge in [-0.1, -0.05) is 36.4 Å². The van der Waals surface area contributed by atoms with Gasteiger partial charge in [-0.3, -0.25) is 0 Å². The minimum absolute atomic E-state index is 0.837. The van der Waals surface area contributed by atoms with Gasteiger partial charge in [-0.15, -0.1) is 0 Å². The first-order chi connectivity index (χ1) is 7.42. The molecule has 0 spiro atoms. The van der Waals surface area contributed by atoms with Gasteiger partial charge in [0, 0.05) is 18.8 Å². The first-order valence-corrected chi connectivity index (χ1v) is 5.46. The zero-order valence-corrected chi connectivity index (χ0v) is 9.15. The van der Waals surface area contributed by atoms with Crippen LogP contribution in [0.4, 0.5) is 0 Å². The van der Waals surface area contributed by atoms with Crippen LogP contribution in [0.3, 0.4) is 0 Å². The van der Waals surface area contributed by atoms with Gasteiger partial charge in [-0.25, -0.2) is 0 Å². The quantitative estimate of drug-likeness (QED) is 0.731. The summed E-state index contributed by atoms with van der Waals surface area (Å²) in [6, 6.07) is 10.5. The summed E-state index contributed by atoms with van der Waals surface area (Å²) >= 11 is 0. The van der Waals surface area contributed by atoms with Crippen molar-refractivity contribution >= 4 is 5.70 Å². The Balaban J connectivity index is 2.17. The second-order valence-electron chi connectivity index (χ2n) is 3.64. The Morgan fingerprint density at radius 3 is 2.47 bits per heavy atom. The molecule has 0 radical (unpaired) electrons. The summed E-state index contributed by atoms with van der Waals surface area (Å²) in [5.74, 6) is 0. The Labute approximate surface area is 91.2 Å². The van der Waals surface area contributed by atoms with E-state index in [2.05, 4.69) is 48.2 Å². The molecular weight excluding hydrogens is 186 g/mol. The fraction of sp³-hybridized carbons (Fsp3) is 0.385. The van der Waals surface area contributed by atoms with Gasteiger partial charge in [0.2, 0.25) is 0 Å². The molecule has 0 atom stereocenters. The molecule has 0 N–H and O–H groups in total. The van der Waals surface area contributed by atoms with E-state index in [0.29, 0.717) is 0 Å². The minimum atomic E-state index is 0.837. The number of ether oxygens (including phenoxy) is 1. The smallest absolute Gasteiger partial charge is 0.0642 e. The van der Waals surface area contributed by atoms with Gasteiger partial charge in [0.15, 0.2) is 0 Å². The third-order valence-electron chi connectivity index (χ3n) is 2.69. The van der Waals surface area contributed by atoms with Crippen LogP contribution in [0, 0.1) is 0 Å². The predicted molar refractivity (Wildman–Crippen MR) is 62.5 cm³/mol. The van der Waals surface area contributed by atoms with E-state index in [-0.39, 0.29) is 0 Å². The Morgan fingerprint density at radius 1 is 1.20 bits per heavy atom. The molecule has 15 heavy (non-hydrogen) atoms. The monoisotopic (exact) mass is 203 g/mol. The molecular formula is C13H17NO. The molecule has 0 aliphatic carbocycles. The summed E-state index contributed by atoms with van der Waals surface area (Å²) in [6.07, 6.45) is 2.18. The molecule has 0 aromatic heterocycles. The highest BCUT2D eigenvalue weighted by atomic mass is 16.5. The van der Waals surface area contributed by atoms with Crippen molar-refractivity contribution in [2.24, 2.45) is 0 Å². The van der Waals surface area contributed by atoms with Crippen LogP contribution >= 0.6 is 0 Å². The fourth-order valence-corrected chi connectivity index (χ4v) is 1.94. The molecule has 0 unspecified atom stereocenters. The van der Waals surface area contributed by atoms with Crippen molar-refractivity contribution in [2.45, 2.75) is 6.92 Å². The van der Waals surface area contributed by atoms with Gasteiger partial charge in [-0.2, -0.15) is 0 Å². The van der Waals surface area contributed by atoms with Gasteiger partial charge in [0.1, 0.15) is 0 Å². The van der Waals surface area contributed by atoms with E-state index in [0.717, 1.165) is 26.3 Å². The van der Waals surface area contributed by atoms with E-state index in [4.69, 9.17) is 4.74 Å². The summed E-state index contributed by atoms with van der Waals surface area (Å²) in [7, 11) is 0. The molecule has 2 nitrogen and oxygen atoms in total. The SMILES string of the molecule is C/C=C(/c1ccccc1)N1CCOCC1. The number of hydrogen-bond acceptors (Lipinski definition) is 2. The maximum Gasteiger partial charge on any atom is 0.0642 e. The maximum atomic E-state index is 5.36. The number of rotatable bonds is 2. The molecule has 1 aromatic carbocycles. The van der Waals surface area contributed by atoms with Gasteiger partial charge in [0.25, 0.3) is 0 Å². The average molecular weight is 203 g/mol. The first kappa shape index (κ1) is 10.2. The van der Waals surface area contributed by atoms with E-state index >= 15 is 0 Å². The largest absolute Gasteiger partial charge is 0.378 e. The molecule has 2 heteroatoms. The lowest BCUT2D eigenvalue weighted by molar-refractivity contribution is 0.0639. The van der Waals surface area contributed by atoms with Crippen LogP contribution in [0.1, 0.15) is 12.5 Å². The first-order valence-electron chi connectivity index (χ1n) is 5.46. The van der Waals surface area contributed by atoms with Crippen molar-refractivity contribution in [2.75, 3.05) is 26.3 Å². The van der Waals surface area contributed by atoms with Crippen LogP contribution in [0.2, 0.25) is 0 Å². The Kier molecular flexibility index (Phi) is 3.41. The molecule has 0 amide bonds. The minimum Gasteiger partial charge on any atom is -0.378 e. The van der Waals surface area contributed by atoms with Crippen molar-refractivity contribution in [3.8, 4) is 0 Å². The van der Waals surface area contributed by atoms with Gasteiger partial charge < -0.3 is 9.64 Å². The summed E-state index contributed by atoms with van der Waals surface area (Å²) in [6.45, 7) is 5.76. The van der Waals surface area contributed by atoms with E-state index in [1.807, 2.05) is 0 Å². The zero-order valence-electron chi connectivity index (χ0n) is 9.15. The topological polar surface area (TPSA) is 12.5 Å². The van der Waals surface area contributed by atoms with Crippen LogP contribution in [-0.2, 0) is 4.74 Å². The molecule has 1 heterocycles.